The Kier molecular flexibility index (Phi) is 5.57. The maximum Gasteiger partial charge on any atom is 0.412 e. The molecule has 1 N–H and O–H groups in total. The number of carbonyl (C=O) groups is 1. The van der Waals surface area contributed by atoms with E-state index in [0.29, 0.717) is 27.6 Å². The molecule has 148 valence electrons. The number of fused-ring (bicyclic) bond motifs is 1. The minimum absolute atomic E-state index is 0.0245. The van der Waals surface area contributed by atoms with Crippen LogP contribution in [0.15, 0.2) is 46.5 Å². The number of nitrogens with zero attached hydrogens (tertiary/aromatic N) is 4. The third kappa shape index (κ3) is 4.55. The molecule has 3 aromatic rings. The van der Waals surface area contributed by atoms with E-state index in [0.717, 1.165) is 0 Å². The first-order valence-electron chi connectivity index (χ1n) is 8.69. The second-order valence-corrected chi connectivity index (χ2v) is 7.90. The number of pyridine rings is 1. The molecule has 1 aromatic carbocycles. The molecule has 2 heterocycles. The quantitative estimate of drug-likeness (QED) is 0.518. The van der Waals surface area contributed by atoms with Gasteiger partial charge in [0.25, 0.3) is 5.56 Å². The minimum Gasteiger partial charge on any atom is -0.444 e. The van der Waals surface area contributed by atoms with E-state index >= 15 is 0 Å². The zero-order valence-electron chi connectivity index (χ0n) is 16.4. The van der Waals surface area contributed by atoms with Crippen LogP contribution >= 0.6 is 11.8 Å². The van der Waals surface area contributed by atoms with Gasteiger partial charge in [0.15, 0.2) is 10.8 Å². The molecule has 0 aliphatic heterocycles. The molecule has 8 nitrogen and oxygen atoms in total. The number of anilines is 1. The number of hydrogen-bond acceptors (Lipinski definition) is 7. The maximum absolute atomic E-state index is 12.9. The van der Waals surface area contributed by atoms with Gasteiger partial charge in [-0.15, -0.1) is 0 Å². The van der Waals surface area contributed by atoms with Crippen LogP contribution in [0, 0.1) is 11.3 Å². The molecule has 0 bridgehead atoms. The van der Waals surface area contributed by atoms with Crippen molar-refractivity contribution in [3.63, 3.8) is 0 Å². The lowest BCUT2D eigenvalue weighted by Gasteiger charge is -2.20. The van der Waals surface area contributed by atoms with Crippen molar-refractivity contribution in [1.82, 2.24) is 14.5 Å². The van der Waals surface area contributed by atoms with Gasteiger partial charge in [-0.3, -0.25) is 14.7 Å². The van der Waals surface area contributed by atoms with Crippen LogP contribution in [0.5, 0.6) is 0 Å². The fourth-order valence-corrected chi connectivity index (χ4v) is 2.98. The van der Waals surface area contributed by atoms with Gasteiger partial charge in [-0.1, -0.05) is 17.8 Å². The molecular formula is C20H19N5O3S. The number of nitriles is 1. The third-order valence-corrected chi connectivity index (χ3v) is 4.33. The molecule has 0 spiro atoms. The molecule has 0 aliphatic carbocycles. The standard InChI is InChI=1S/C20H19N5O3S/c1-20(2,3)28-19(27)23-14-6-5-7-15(9-14)25-16-13(8-12(10-21)17(25)26)11-22-18(24-16)29-4/h5-9,11H,1-4H3,(H,23,27). The van der Waals surface area contributed by atoms with Crippen LogP contribution in [0.3, 0.4) is 0 Å². The van der Waals surface area contributed by atoms with Gasteiger partial charge in [-0.2, -0.15) is 5.26 Å². The SMILES string of the molecule is CSc1ncc2cc(C#N)c(=O)n(-c3cccc(NC(=O)OC(C)(C)C)c3)c2n1. The number of carbonyl (C=O) groups excluding carboxylic acids is 1. The molecule has 0 fully saturated rings. The van der Waals surface area contributed by atoms with Crippen molar-refractivity contribution in [1.29, 1.82) is 5.26 Å². The average molecular weight is 409 g/mol. The number of nitrogens with one attached hydrogen (secondary N) is 1. The summed E-state index contributed by atoms with van der Waals surface area (Å²) in [4.78, 5) is 33.6. The van der Waals surface area contributed by atoms with Crippen LogP contribution in [0.2, 0.25) is 0 Å². The van der Waals surface area contributed by atoms with Crippen LogP contribution in [0.1, 0.15) is 26.3 Å². The third-order valence-electron chi connectivity index (χ3n) is 3.77. The van der Waals surface area contributed by atoms with Crippen LogP contribution in [-0.4, -0.2) is 32.5 Å². The highest BCUT2D eigenvalue weighted by Crippen LogP contribution is 2.21. The van der Waals surface area contributed by atoms with Crippen molar-refractivity contribution in [2.45, 2.75) is 31.5 Å². The van der Waals surface area contributed by atoms with Crippen molar-refractivity contribution in [3.8, 4) is 11.8 Å². The summed E-state index contributed by atoms with van der Waals surface area (Å²) < 4.78 is 6.61. The number of benzene rings is 1. The Morgan fingerprint density at radius 2 is 2.07 bits per heavy atom. The van der Waals surface area contributed by atoms with E-state index in [9.17, 15) is 14.9 Å². The van der Waals surface area contributed by atoms with Gasteiger partial charge in [-0.25, -0.2) is 14.8 Å². The molecule has 2 aromatic heterocycles. The summed E-state index contributed by atoms with van der Waals surface area (Å²) in [5, 5.41) is 13.1. The second kappa shape index (κ2) is 7.93. The summed E-state index contributed by atoms with van der Waals surface area (Å²) in [7, 11) is 0. The normalized spacial score (nSPS) is 11.1. The zero-order chi connectivity index (χ0) is 21.2. The first kappa shape index (κ1) is 20.4. The lowest BCUT2D eigenvalue weighted by molar-refractivity contribution is 0.0636. The van der Waals surface area contributed by atoms with Gasteiger partial charge in [0.05, 0.1) is 5.69 Å². The Morgan fingerprint density at radius 1 is 1.31 bits per heavy atom. The fraction of sp³-hybridized carbons (Fsp3) is 0.250. The van der Waals surface area contributed by atoms with Crippen molar-refractivity contribution in [3.05, 3.63) is 52.4 Å². The minimum atomic E-state index is -0.638. The maximum atomic E-state index is 12.9. The topological polar surface area (TPSA) is 110 Å². The highest BCUT2D eigenvalue weighted by atomic mass is 32.2. The lowest BCUT2D eigenvalue weighted by Crippen LogP contribution is -2.27. The number of thioether (sulfide) groups is 1. The molecule has 29 heavy (non-hydrogen) atoms. The van der Waals surface area contributed by atoms with E-state index in [-0.39, 0.29) is 5.56 Å². The van der Waals surface area contributed by atoms with Crippen molar-refractivity contribution >= 4 is 34.6 Å². The number of hydrogen-bond donors (Lipinski definition) is 1. The van der Waals surface area contributed by atoms with Crippen LogP contribution < -0.4 is 10.9 Å². The summed E-state index contributed by atoms with van der Waals surface area (Å²) in [5.41, 5.74) is 0.113. The summed E-state index contributed by atoms with van der Waals surface area (Å²) in [5.74, 6) is 0. The van der Waals surface area contributed by atoms with E-state index in [1.807, 2.05) is 12.3 Å². The monoisotopic (exact) mass is 409 g/mol. The Hall–Kier alpha value is -3.38. The van der Waals surface area contributed by atoms with E-state index in [2.05, 4.69) is 15.3 Å². The second-order valence-electron chi connectivity index (χ2n) is 7.12. The van der Waals surface area contributed by atoms with Gasteiger partial charge in [0, 0.05) is 17.3 Å². The molecule has 0 atom stereocenters. The Balaban J connectivity index is 2.13. The van der Waals surface area contributed by atoms with Gasteiger partial charge >= 0.3 is 6.09 Å². The smallest absolute Gasteiger partial charge is 0.412 e. The first-order chi connectivity index (χ1) is 13.7. The summed E-state index contributed by atoms with van der Waals surface area (Å²) >= 11 is 1.34. The highest BCUT2D eigenvalue weighted by Gasteiger charge is 2.17. The van der Waals surface area contributed by atoms with Gasteiger partial charge < -0.3 is 4.74 Å². The summed E-state index contributed by atoms with van der Waals surface area (Å²) in [6.07, 6.45) is 2.80. The molecule has 0 saturated carbocycles. The van der Waals surface area contributed by atoms with E-state index in [1.165, 1.54) is 22.4 Å². The van der Waals surface area contributed by atoms with Gasteiger partial charge in [0.2, 0.25) is 0 Å². The predicted octanol–water partition coefficient (Wildman–Crippen LogP) is 3.72. The number of aromatic nitrogens is 3. The number of ether oxygens (including phenoxy) is 1. The molecule has 1 amide bonds. The number of amides is 1. The Labute approximate surface area is 171 Å². The molecular weight excluding hydrogens is 390 g/mol. The van der Waals surface area contributed by atoms with E-state index < -0.39 is 17.3 Å². The van der Waals surface area contributed by atoms with Crippen molar-refractivity contribution in [2.24, 2.45) is 0 Å². The van der Waals surface area contributed by atoms with Gasteiger partial charge in [0.1, 0.15) is 17.2 Å². The molecule has 0 saturated heterocycles. The van der Waals surface area contributed by atoms with Crippen LogP contribution in [-0.2, 0) is 4.74 Å². The molecule has 0 radical (unpaired) electrons. The Bertz CT molecular complexity index is 1190. The average Bonchev–Trinajstić information content (AvgIpc) is 2.65. The van der Waals surface area contributed by atoms with Crippen molar-refractivity contribution in [2.75, 3.05) is 11.6 Å². The van der Waals surface area contributed by atoms with E-state index in [4.69, 9.17) is 4.74 Å². The fourth-order valence-electron chi connectivity index (χ4n) is 2.64. The van der Waals surface area contributed by atoms with Crippen molar-refractivity contribution < 1.29 is 9.53 Å². The first-order valence-corrected chi connectivity index (χ1v) is 9.91. The highest BCUT2D eigenvalue weighted by molar-refractivity contribution is 7.98. The Morgan fingerprint density at radius 3 is 2.72 bits per heavy atom. The summed E-state index contributed by atoms with van der Waals surface area (Å²) in [6, 6.07) is 10.1. The lowest BCUT2D eigenvalue weighted by atomic mass is 10.2. The zero-order valence-corrected chi connectivity index (χ0v) is 17.2. The molecule has 9 heteroatoms. The van der Waals surface area contributed by atoms with E-state index in [1.54, 1.807) is 51.2 Å². The van der Waals surface area contributed by atoms with Gasteiger partial charge in [-0.05, 0) is 51.3 Å². The molecule has 0 unspecified atom stereocenters. The molecule has 3 rings (SSSR count). The summed E-state index contributed by atoms with van der Waals surface area (Å²) in [6.45, 7) is 5.31. The van der Waals surface area contributed by atoms with Crippen LogP contribution in [0.25, 0.3) is 16.7 Å². The largest absolute Gasteiger partial charge is 0.444 e. The number of rotatable bonds is 3. The van der Waals surface area contributed by atoms with Crippen LogP contribution in [0.4, 0.5) is 10.5 Å². The molecule has 0 aliphatic rings. The predicted molar refractivity (Wildman–Crippen MR) is 111 cm³/mol.